The van der Waals surface area contributed by atoms with Gasteiger partial charge in [-0.05, 0) is 52.6 Å². The molecular weight excluding hydrogens is 882 g/mol. The quantitative estimate of drug-likeness (QED) is 0.0740. The van der Waals surface area contributed by atoms with Crippen molar-refractivity contribution in [1.82, 2.24) is 40.1 Å². The summed E-state index contributed by atoms with van der Waals surface area (Å²) in [6.07, 6.45) is 0. The Balaban J connectivity index is 0.00000436. The fourth-order valence-corrected chi connectivity index (χ4v) is 7.66. The topological polar surface area (TPSA) is 193 Å². The number of nitrogens with zero attached hydrogens (tertiary/aromatic N) is 9. The van der Waals surface area contributed by atoms with Gasteiger partial charge < -0.3 is 39.9 Å². The van der Waals surface area contributed by atoms with E-state index in [1.165, 1.54) is 16.9 Å². The molecule has 0 amide bonds. The minimum Gasteiger partial charge on any atom is -0.478 e. The largest absolute Gasteiger partial charge is 2.00 e. The first-order valence-corrected chi connectivity index (χ1v) is 18.2. The van der Waals surface area contributed by atoms with Crippen LogP contribution in [0, 0.1) is 0 Å². The molecule has 19 heteroatoms. The summed E-state index contributed by atoms with van der Waals surface area (Å²) >= 11 is 26.8. The summed E-state index contributed by atoms with van der Waals surface area (Å²) in [6.45, 7) is 0. The Hall–Kier alpha value is -6.09. The Morgan fingerprint density at radius 3 is 1.69 bits per heavy atom. The summed E-state index contributed by atoms with van der Waals surface area (Å²) in [5.41, 5.74) is 2.24. The number of halogens is 4. The summed E-state index contributed by atoms with van der Waals surface area (Å²) < 4.78 is 6.04. The number of carboxylic acid groups (broad SMARTS) is 2. The van der Waals surface area contributed by atoms with E-state index < -0.39 is 11.9 Å². The molecule has 0 atom stereocenters. The van der Waals surface area contributed by atoms with Gasteiger partial charge in [0.1, 0.15) is 22.1 Å². The second-order valence-corrected chi connectivity index (χ2v) is 14.2. The predicted molar refractivity (Wildman–Crippen MR) is 211 cm³/mol. The third-order valence-corrected chi connectivity index (χ3v) is 11.0. The Kier molecular flexibility index (Phi) is 9.10. The smallest absolute Gasteiger partial charge is 0.478 e. The molecule has 5 aromatic carbocycles. The van der Waals surface area contributed by atoms with E-state index in [9.17, 15) is 19.8 Å². The molecule has 0 fully saturated rings. The molecule has 0 unspecified atom stereocenters. The van der Waals surface area contributed by atoms with Gasteiger partial charge in [0, 0.05) is 43.3 Å². The van der Waals surface area contributed by atoms with Crippen LogP contribution in [0.15, 0.2) is 84.9 Å². The van der Waals surface area contributed by atoms with Crippen LogP contribution in [0.2, 0.25) is 20.1 Å². The van der Waals surface area contributed by atoms with Gasteiger partial charge in [0.05, 0.1) is 43.5 Å². The molecule has 2 aliphatic rings. The number of ether oxygens (including phenoxy) is 1. The van der Waals surface area contributed by atoms with Crippen LogP contribution in [0.3, 0.4) is 0 Å². The molecule has 5 heterocycles. The van der Waals surface area contributed by atoms with Crippen LogP contribution in [0.1, 0.15) is 20.7 Å². The number of hydrogen-bond donors (Lipinski definition) is 2. The minimum absolute atomic E-state index is 0. The average molecular weight is 898 g/mol. The van der Waals surface area contributed by atoms with E-state index >= 15 is 0 Å². The Morgan fingerprint density at radius 1 is 0.552 bits per heavy atom. The molecule has 58 heavy (non-hydrogen) atoms. The van der Waals surface area contributed by atoms with Crippen molar-refractivity contribution in [2.24, 2.45) is 0 Å². The summed E-state index contributed by atoms with van der Waals surface area (Å²) in [7, 11) is 0. The van der Waals surface area contributed by atoms with Gasteiger partial charge in [-0.25, -0.2) is 14.6 Å². The number of aromatic nitrogens is 9. The zero-order valence-electron chi connectivity index (χ0n) is 28.9. The van der Waals surface area contributed by atoms with Gasteiger partial charge >= 0.3 is 31.4 Å². The standard InChI is InChI=1S/C39H17Cl4N9O5.Zn/c40-26-25-30(29(43)28(42)27(26)41)52-50-36-24-14-17(57-18-12-15(38(53)54)11-16(13-18)39(55)56)9-10-23(24)35(48-36)47-33-20-6-2-1-5-19(20)31(45-33)44-32-21-7-3-4-8-22(21)34(46-32)49-37(25)51-52;/h1-14H,(H3,44,45,46,47,48,49,50,51,53,54,55,56);/q;+2/p-1. The van der Waals surface area contributed by atoms with Crippen LogP contribution in [0.4, 0.5) is 0 Å². The first-order valence-electron chi connectivity index (χ1n) is 16.6. The van der Waals surface area contributed by atoms with Crippen molar-refractivity contribution >= 4 is 102 Å². The van der Waals surface area contributed by atoms with E-state index in [4.69, 9.17) is 91.2 Å². The molecule has 8 aromatic rings. The fraction of sp³-hybridized carbons (Fsp3) is 0. The zero-order chi connectivity index (χ0) is 39.3. The SMILES string of the molecule is O=C(O)c1cc(Oc2ccc3c4nc5nc(nc6[n-]c(nc7n[n+](nc([n-]4)c3c2)-c2c(Cl)c(Cl)c(Cl)c(Cl)c2-7)c2ccccc62)-c2ccccc2-5)cc(C(=O)O)c1.[Zn+2]. The normalized spacial score (nSPS) is 11.6. The summed E-state index contributed by atoms with van der Waals surface area (Å²) in [5.74, 6) is -1.72. The van der Waals surface area contributed by atoms with Crippen molar-refractivity contribution < 1.29 is 48.8 Å². The third kappa shape index (κ3) is 6.01. The summed E-state index contributed by atoms with van der Waals surface area (Å²) in [4.78, 5) is 53.9. The van der Waals surface area contributed by atoms with Crippen molar-refractivity contribution in [2.75, 3.05) is 0 Å². The second kappa shape index (κ2) is 14.1. The second-order valence-electron chi connectivity index (χ2n) is 12.7. The number of carbonyl (C=O) groups is 2. The van der Waals surface area contributed by atoms with E-state index in [1.54, 1.807) is 18.2 Å². The van der Waals surface area contributed by atoms with E-state index in [2.05, 4.69) is 0 Å². The van der Waals surface area contributed by atoms with Gasteiger partial charge in [0.25, 0.3) is 5.69 Å². The molecule has 0 saturated carbocycles. The molecule has 8 bridgehead atoms. The van der Waals surface area contributed by atoms with Gasteiger partial charge in [0.2, 0.25) is 0 Å². The van der Waals surface area contributed by atoms with Crippen LogP contribution in [-0.2, 0) is 19.5 Å². The number of rotatable bonds is 4. The summed E-state index contributed by atoms with van der Waals surface area (Å²) in [6, 6.07) is 23.3. The Morgan fingerprint density at radius 2 is 1.09 bits per heavy atom. The van der Waals surface area contributed by atoms with Crippen molar-refractivity contribution in [3.05, 3.63) is 116 Å². The van der Waals surface area contributed by atoms with Gasteiger partial charge in [0.15, 0.2) is 5.82 Å². The van der Waals surface area contributed by atoms with Crippen LogP contribution < -0.4 is 19.5 Å². The van der Waals surface area contributed by atoms with Crippen LogP contribution in [-0.4, -0.2) is 52.3 Å². The number of aromatic carboxylic acids is 2. The van der Waals surface area contributed by atoms with E-state index in [1.807, 2.05) is 48.5 Å². The minimum atomic E-state index is -1.33. The van der Waals surface area contributed by atoms with Crippen molar-refractivity contribution in [3.63, 3.8) is 0 Å². The van der Waals surface area contributed by atoms with Crippen LogP contribution in [0.25, 0.3) is 84.0 Å². The molecule has 0 saturated heterocycles. The molecule has 2 aliphatic heterocycles. The van der Waals surface area contributed by atoms with E-state index in [0.717, 1.165) is 11.6 Å². The first-order chi connectivity index (χ1) is 27.5. The van der Waals surface area contributed by atoms with Crippen LogP contribution in [0.5, 0.6) is 11.5 Å². The zero-order valence-corrected chi connectivity index (χ0v) is 34.9. The van der Waals surface area contributed by atoms with Gasteiger partial charge in [-0.2, -0.15) is 0 Å². The molecule has 0 spiro atoms. The van der Waals surface area contributed by atoms with Crippen molar-refractivity contribution in [1.29, 1.82) is 0 Å². The van der Waals surface area contributed by atoms with Gasteiger partial charge in [-0.1, -0.05) is 100 Å². The molecule has 0 radical (unpaired) electrons. The van der Waals surface area contributed by atoms with E-state index in [-0.39, 0.29) is 96.2 Å². The molecule has 276 valence electrons. The number of hydrogen-bond acceptors (Lipinski definition) is 9. The monoisotopic (exact) mass is 894 g/mol. The molecule has 0 aliphatic carbocycles. The molecule has 3 aromatic heterocycles. The Labute approximate surface area is 356 Å². The Bertz CT molecular complexity index is 3290. The van der Waals surface area contributed by atoms with Crippen molar-refractivity contribution in [2.45, 2.75) is 0 Å². The van der Waals surface area contributed by atoms with Crippen molar-refractivity contribution in [3.8, 4) is 51.3 Å². The number of fused-ring (bicyclic) bond motifs is 20. The van der Waals surface area contributed by atoms with Crippen LogP contribution >= 0.6 is 46.4 Å². The summed E-state index contributed by atoms with van der Waals surface area (Å²) in [5, 5.41) is 31.0. The maximum Gasteiger partial charge on any atom is 2.00 e. The maximum atomic E-state index is 11.8. The maximum absolute atomic E-state index is 11.8. The van der Waals surface area contributed by atoms with Gasteiger partial charge in [-0.3, -0.25) is 0 Å². The molecule has 10 rings (SSSR count). The van der Waals surface area contributed by atoms with E-state index in [0.29, 0.717) is 44.4 Å². The molecule has 14 nitrogen and oxygen atoms in total. The third-order valence-electron chi connectivity index (χ3n) is 9.24. The molecular formula is C39H16Cl4N9O5Zn+. The first kappa shape index (κ1) is 37.5. The average Bonchev–Trinajstić information content (AvgIpc) is 3.94. The number of carboxylic acids is 2. The molecule has 2 N–H and O–H groups in total. The fourth-order valence-electron chi connectivity index (χ4n) is 6.66. The number of benzene rings is 5. The predicted octanol–water partition coefficient (Wildman–Crippen LogP) is 8.54. The van der Waals surface area contributed by atoms with Gasteiger partial charge in [-0.15, -0.1) is 0 Å².